The number of rotatable bonds is 11. The van der Waals surface area contributed by atoms with Crippen molar-refractivity contribution in [3.8, 4) is 0 Å². The van der Waals surface area contributed by atoms with Crippen LogP contribution in [0.2, 0.25) is 0 Å². The van der Waals surface area contributed by atoms with Crippen molar-refractivity contribution in [3.05, 3.63) is 34.9 Å². The molecule has 0 radical (unpaired) electrons. The Morgan fingerprint density at radius 1 is 0.950 bits per heavy atom. The second-order valence-electron chi connectivity index (χ2n) is 5.08. The molecule has 0 spiro atoms. The van der Waals surface area contributed by atoms with Gasteiger partial charge in [0.1, 0.15) is 13.1 Å². The molecule has 0 heterocycles. The first-order chi connectivity index (χ1) is 9.60. The second kappa shape index (κ2) is 12.8. The zero-order chi connectivity index (χ0) is 15.2. The molecule has 0 aromatic heterocycles. The maximum absolute atomic E-state index is 10.3. The van der Waals surface area contributed by atoms with Crippen LogP contribution >= 0.6 is 0 Å². The molecule has 0 saturated heterocycles. The first-order valence-electron chi connectivity index (χ1n) is 7.09. The largest absolute Gasteiger partial charge is 0.359 e. The van der Waals surface area contributed by atoms with Crippen molar-refractivity contribution in [3.63, 3.8) is 0 Å². The highest BCUT2D eigenvalue weighted by Crippen LogP contribution is 2.11. The van der Waals surface area contributed by atoms with Crippen LogP contribution in [0.15, 0.2) is 34.9 Å². The Hall–Kier alpha value is -1.19. The van der Waals surface area contributed by atoms with E-state index >= 15 is 0 Å². The molecule has 0 aliphatic carbocycles. The molecular formula is C17H28O3. The maximum atomic E-state index is 10.3. The van der Waals surface area contributed by atoms with Crippen molar-refractivity contribution >= 4 is 6.29 Å². The first-order valence-corrected chi connectivity index (χ1v) is 7.09. The van der Waals surface area contributed by atoms with Gasteiger partial charge in [-0.15, -0.1) is 0 Å². The minimum atomic E-state index is 0.345. The lowest BCUT2D eigenvalue weighted by atomic mass is 10.1. The third kappa shape index (κ3) is 11.9. The van der Waals surface area contributed by atoms with Crippen molar-refractivity contribution < 1.29 is 14.3 Å². The van der Waals surface area contributed by atoms with Gasteiger partial charge in [0.2, 0.25) is 0 Å². The summed E-state index contributed by atoms with van der Waals surface area (Å²) >= 11 is 0. The molecule has 0 aliphatic heterocycles. The van der Waals surface area contributed by atoms with Crippen LogP contribution in [0.5, 0.6) is 0 Å². The predicted octanol–water partition coefficient (Wildman–Crippen LogP) is 4.21. The van der Waals surface area contributed by atoms with Crippen LogP contribution in [-0.2, 0) is 14.3 Å². The average molecular weight is 280 g/mol. The molecule has 0 aromatic rings. The van der Waals surface area contributed by atoms with Crippen LogP contribution in [0.1, 0.15) is 46.5 Å². The van der Waals surface area contributed by atoms with Gasteiger partial charge in [0.05, 0.1) is 6.61 Å². The first kappa shape index (κ1) is 18.8. The fourth-order valence-corrected chi connectivity index (χ4v) is 1.74. The van der Waals surface area contributed by atoms with Gasteiger partial charge in [-0.1, -0.05) is 28.9 Å². The van der Waals surface area contributed by atoms with Crippen molar-refractivity contribution in [2.45, 2.75) is 46.5 Å². The lowest BCUT2D eigenvalue weighted by Gasteiger charge is -2.04. The van der Waals surface area contributed by atoms with Gasteiger partial charge in [0, 0.05) is 7.11 Å². The molecule has 0 aliphatic rings. The van der Waals surface area contributed by atoms with Crippen LogP contribution < -0.4 is 0 Å². The summed E-state index contributed by atoms with van der Waals surface area (Å²) < 4.78 is 10.1. The summed E-state index contributed by atoms with van der Waals surface area (Å²) in [6.07, 6.45) is 11.0. The minimum Gasteiger partial charge on any atom is -0.359 e. The Bertz CT molecular complexity index is 351. The van der Waals surface area contributed by atoms with E-state index < -0.39 is 0 Å². The zero-order valence-corrected chi connectivity index (χ0v) is 13.3. The lowest BCUT2D eigenvalue weighted by molar-refractivity contribution is -0.104. The fourth-order valence-electron chi connectivity index (χ4n) is 1.74. The topological polar surface area (TPSA) is 35.5 Å². The summed E-state index contributed by atoms with van der Waals surface area (Å²) in [6, 6.07) is 0. The molecule has 0 N–H and O–H groups in total. The summed E-state index contributed by atoms with van der Waals surface area (Å²) in [6.45, 7) is 7.19. The number of methoxy groups -OCH3 is 1. The molecule has 0 rings (SSSR count). The van der Waals surface area contributed by atoms with E-state index in [-0.39, 0.29) is 0 Å². The van der Waals surface area contributed by atoms with Gasteiger partial charge in [-0.2, -0.15) is 0 Å². The van der Waals surface area contributed by atoms with Crippen LogP contribution in [0.25, 0.3) is 0 Å². The highest BCUT2D eigenvalue weighted by atomic mass is 16.7. The Morgan fingerprint density at radius 3 is 2.15 bits per heavy atom. The monoisotopic (exact) mass is 280 g/mol. The van der Waals surface area contributed by atoms with Crippen molar-refractivity contribution in [1.29, 1.82) is 0 Å². The molecular weight excluding hydrogens is 252 g/mol. The average Bonchev–Trinajstić information content (AvgIpc) is 2.39. The quantitative estimate of drug-likeness (QED) is 0.187. The summed E-state index contributed by atoms with van der Waals surface area (Å²) in [7, 11) is 1.62. The maximum Gasteiger partial charge on any atom is 0.146 e. The number of aldehydes is 1. The molecule has 0 atom stereocenters. The number of allylic oxidation sites excluding steroid dienone is 5. The van der Waals surface area contributed by atoms with E-state index in [0.29, 0.717) is 13.4 Å². The zero-order valence-electron chi connectivity index (χ0n) is 13.3. The molecule has 3 nitrogen and oxygen atoms in total. The number of ether oxygens (including phenoxy) is 2. The highest BCUT2D eigenvalue weighted by Gasteiger charge is 1.93. The van der Waals surface area contributed by atoms with Gasteiger partial charge < -0.3 is 9.47 Å². The summed E-state index contributed by atoms with van der Waals surface area (Å²) in [4.78, 5) is 10.3. The molecule has 0 unspecified atom stereocenters. The van der Waals surface area contributed by atoms with Gasteiger partial charge in [0.15, 0.2) is 0 Å². The SMILES string of the molecule is COCOCC(C)=CCCC(C)=CCCC(C)=CC=O. The van der Waals surface area contributed by atoms with Crippen LogP contribution in [-0.4, -0.2) is 26.8 Å². The third-order valence-electron chi connectivity index (χ3n) is 2.95. The molecule has 3 heteroatoms. The molecule has 0 saturated carbocycles. The predicted molar refractivity (Wildman–Crippen MR) is 83.6 cm³/mol. The summed E-state index contributed by atoms with van der Waals surface area (Å²) in [5.74, 6) is 0. The molecule has 20 heavy (non-hydrogen) atoms. The smallest absolute Gasteiger partial charge is 0.146 e. The number of hydrogen-bond acceptors (Lipinski definition) is 3. The van der Waals surface area contributed by atoms with E-state index in [0.717, 1.165) is 37.5 Å². The van der Waals surface area contributed by atoms with Crippen molar-refractivity contribution in [2.75, 3.05) is 20.5 Å². The van der Waals surface area contributed by atoms with Crippen molar-refractivity contribution in [1.82, 2.24) is 0 Å². The Balaban J connectivity index is 3.85. The Kier molecular flexibility index (Phi) is 12.1. The van der Waals surface area contributed by atoms with Crippen molar-refractivity contribution in [2.24, 2.45) is 0 Å². The molecule has 0 bridgehead atoms. The van der Waals surface area contributed by atoms with E-state index in [1.807, 2.05) is 6.92 Å². The van der Waals surface area contributed by atoms with Gasteiger partial charge in [-0.3, -0.25) is 4.79 Å². The fraction of sp³-hybridized carbons (Fsp3) is 0.588. The third-order valence-corrected chi connectivity index (χ3v) is 2.95. The Morgan fingerprint density at radius 2 is 1.55 bits per heavy atom. The van der Waals surface area contributed by atoms with E-state index in [1.165, 1.54) is 11.1 Å². The van der Waals surface area contributed by atoms with E-state index in [2.05, 4.69) is 26.0 Å². The van der Waals surface area contributed by atoms with Gasteiger partial charge in [-0.25, -0.2) is 0 Å². The minimum absolute atomic E-state index is 0.345. The molecule has 0 fully saturated rings. The second-order valence-corrected chi connectivity index (χ2v) is 5.08. The number of carbonyl (C=O) groups is 1. The summed E-state index contributed by atoms with van der Waals surface area (Å²) in [5, 5.41) is 0. The normalized spacial score (nSPS) is 13.7. The highest BCUT2D eigenvalue weighted by molar-refractivity contribution is 5.65. The Labute approximate surface area is 123 Å². The number of hydrogen-bond donors (Lipinski definition) is 0. The molecule has 0 aromatic carbocycles. The van der Waals surface area contributed by atoms with E-state index in [9.17, 15) is 4.79 Å². The summed E-state index contributed by atoms with van der Waals surface area (Å²) in [5.41, 5.74) is 3.76. The number of carbonyl (C=O) groups excluding carboxylic acids is 1. The van der Waals surface area contributed by atoms with Crippen LogP contribution in [0.4, 0.5) is 0 Å². The van der Waals surface area contributed by atoms with Crippen LogP contribution in [0, 0.1) is 0 Å². The van der Waals surface area contributed by atoms with E-state index in [4.69, 9.17) is 9.47 Å². The van der Waals surface area contributed by atoms with Gasteiger partial charge >= 0.3 is 0 Å². The standard InChI is InChI=1S/C17H28O3/c1-15(7-5-9-16(2)11-12-18)8-6-10-17(3)13-20-14-19-4/h7,10-12H,5-6,8-9,13-14H2,1-4H3. The molecule has 0 amide bonds. The van der Waals surface area contributed by atoms with Gasteiger partial charge in [-0.05, 0) is 52.5 Å². The van der Waals surface area contributed by atoms with Gasteiger partial charge in [0.25, 0.3) is 0 Å². The van der Waals surface area contributed by atoms with Crippen LogP contribution in [0.3, 0.4) is 0 Å². The van der Waals surface area contributed by atoms with E-state index in [1.54, 1.807) is 13.2 Å². The molecule has 114 valence electrons. The lowest BCUT2D eigenvalue weighted by Crippen LogP contribution is -1.99.